The van der Waals surface area contributed by atoms with Gasteiger partial charge < -0.3 is 5.11 Å². The molecule has 0 aliphatic carbocycles. The molecule has 0 amide bonds. The normalized spacial score (nSPS) is 24.9. The lowest BCUT2D eigenvalue weighted by Gasteiger charge is -2.21. The summed E-state index contributed by atoms with van der Waals surface area (Å²) in [7, 11) is 0. The average Bonchev–Trinajstić information content (AvgIpc) is 3.08. The number of benzene rings is 2. The van der Waals surface area contributed by atoms with E-state index in [1.807, 2.05) is 12.1 Å². The summed E-state index contributed by atoms with van der Waals surface area (Å²) in [4.78, 5) is 5.18. The first-order chi connectivity index (χ1) is 11.3. The highest BCUT2D eigenvalue weighted by atomic mass is 16.3. The molecule has 3 heteroatoms. The van der Waals surface area contributed by atoms with E-state index in [2.05, 4.69) is 40.1 Å². The van der Waals surface area contributed by atoms with Gasteiger partial charge in [-0.05, 0) is 35.1 Å². The van der Waals surface area contributed by atoms with Crippen LogP contribution in [0.3, 0.4) is 0 Å². The second-order valence-electron chi connectivity index (χ2n) is 7.06. The molecule has 4 rings (SSSR count). The van der Waals surface area contributed by atoms with E-state index in [1.54, 1.807) is 12.1 Å². The molecular formula is C20H24N2O. The van der Waals surface area contributed by atoms with Crippen LogP contribution in [0.1, 0.15) is 11.1 Å². The fourth-order valence-electron chi connectivity index (χ4n) is 4.15. The van der Waals surface area contributed by atoms with Crippen LogP contribution in [0.5, 0.6) is 5.75 Å². The van der Waals surface area contributed by atoms with Gasteiger partial charge in [0.2, 0.25) is 0 Å². The smallest absolute Gasteiger partial charge is 0.115 e. The van der Waals surface area contributed by atoms with Gasteiger partial charge in [0.25, 0.3) is 0 Å². The lowest BCUT2D eigenvalue weighted by molar-refractivity contribution is 0.246. The van der Waals surface area contributed by atoms with Gasteiger partial charge in [-0.3, -0.25) is 9.80 Å². The molecule has 3 nitrogen and oxygen atoms in total. The summed E-state index contributed by atoms with van der Waals surface area (Å²) < 4.78 is 0. The number of likely N-dealkylation sites (tertiary alicyclic amines) is 2. The molecule has 0 unspecified atom stereocenters. The summed E-state index contributed by atoms with van der Waals surface area (Å²) in [5.74, 6) is 1.98. The van der Waals surface area contributed by atoms with Crippen molar-refractivity contribution < 1.29 is 5.11 Å². The summed E-state index contributed by atoms with van der Waals surface area (Å²) >= 11 is 0. The van der Waals surface area contributed by atoms with Gasteiger partial charge in [-0.25, -0.2) is 0 Å². The monoisotopic (exact) mass is 308 g/mol. The van der Waals surface area contributed by atoms with Crippen molar-refractivity contribution in [3.63, 3.8) is 0 Å². The number of hydrogen-bond donors (Lipinski definition) is 1. The molecule has 2 aromatic rings. The molecule has 0 radical (unpaired) electrons. The van der Waals surface area contributed by atoms with Crippen molar-refractivity contribution in [3.8, 4) is 5.75 Å². The van der Waals surface area contributed by atoms with Crippen LogP contribution in [-0.2, 0) is 13.1 Å². The van der Waals surface area contributed by atoms with Gasteiger partial charge in [-0.1, -0.05) is 42.5 Å². The minimum Gasteiger partial charge on any atom is -0.508 e. The maximum Gasteiger partial charge on any atom is 0.115 e. The van der Waals surface area contributed by atoms with E-state index in [-0.39, 0.29) is 0 Å². The van der Waals surface area contributed by atoms with Crippen LogP contribution in [0, 0.1) is 11.8 Å². The van der Waals surface area contributed by atoms with Crippen LogP contribution in [0.25, 0.3) is 0 Å². The zero-order chi connectivity index (χ0) is 15.6. The third-order valence-corrected chi connectivity index (χ3v) is 5.23. The Balaban J connectivity index is 1.30. The number of nitrogens with zero attached hydrogens (tertiary/aromatic N) is 2. The van der Waals surface area contributed by atoms with E-state index in [1.165, 1.54) is 37.3 Å². The van der Waals surface area contributed by atoms with Gasteiger partial charge in [-0.2, -0.15) is 0 Å². The van der Waals surface area contributed by atoms with Gasteiger partial charge in [-0.15, -0.1) is 0 Å². The SMILES string of the molecule is Oc1ccc(CN2C[C@@H]3CN(Cc4ccccc4)C[C@H]3C2)cc1. The van der Waals surface area contributed by atoms with E-state index in [4.69, 9.17) is 0 Å². The largest absolute Gasteiger partial charge is 0.508 e. The van der Waals surface area contributed by atoms with E-state index >= 15 is 0 Å². The van der Waals surface area contributed by atoms with Crippen LogP contribution in [0.15, 0.2) is 54.6 Å². The Bertz CT molecular complexity index is 626. The van der Waals surface area contributed by atoms with Crippen LogP contribution < -0.4 is 0 Å². The molecule has 2 aromatic carbocycles. The van der Waals surface area contributed by atoms with Gasteiger partial charge in [0, 0.05) is 39.3 Å². The number of phenolic OH excluding ortho intramolecular Hbond substituents is 1. The topological polar surface area (TPSA) is 26.7 Å². The van der Waals surface area contributed by atoms with Crippen molar-refractivity contribution >= 4 is 0 Å². The van der Waals surface area contributed by atoms with Crippen LogP contribution in [0.2, 0.25) is 0 Å². The van der Waals surface area contributed by atoms with Crippen molar-refractivity contribution in [2.45, 2.75) is 13.1 Å². The summed E-state index contributed by atoms with van der Waals surface area (Å²) in [6.07, 6.45) is 0. The Morgan fingerprint density at radius 1 is 0.696 bits per heavy atom. The van der Waals surface area contributed by atoms with Crippen LogP contribution in [-0.4, -0.2) is 41.1 Å². The maximum atomic E-state index is 9.38. The molecule has 0 saturated carbocycles. The van der Waals surface area contributed by atoms with Crippen molar-refractivity contribution in [1.82, 2.24) is 9.80 Å². The molecule has 120 valence electrons. The lowest BCUT2D eigenvalue weighted by atomic mass is 10.0. The average molecular weight is 308 g/mol. The van der Waals surface area contributed by atoms with Gasteiger partial charge in [0.1, 0.15) is 5.75 Å². The van der Waals surface area contributed by atoms with E-state index in [0.29, 0.717) is 5.75 Å². The van der Waals surface area contributed by atoms with E-state index in [9.17, 15) is 5.11 Å². The fourth-order valence-corrected chi connectivity index (χ4v) is 4.15. The molecule has 23 heavy (non-hydrogen) atoms. The highest BCUT2D eigenvalue weighted by Crippen LogP contribution is 2.32. The van der Waals surface area contributed by atoms with Crippen molar-refractivity contribution in [1.29, 1.82) is 0 Å². The second-order valence-corrected chi connectivity index (χ2v) is 7.06. The molecule has 0 aromatic heterocycles. The lowest BCUT2D eigenvalue weighted by Crippen LogP contribution is -2.28. The quantitative estimate of drug-likeness (QED) is 0.941. The summed E-state index contributed by atoms with van der Waals surface area (Å²) in [5.41, 5.74) is 2.72. The summed E-state index contributed by atoms with van der Waals surface area (Å²) in [6.45, 7) is 6.96. The molecule has 2 heterocycles. The van der Waals surface area contributed by atoms with Crippen LogP contribution in [0.4, 0.5) is 0 Å². The minimum atomic E-state index is 0.351. The molecule has 2 aliphatic heterocycles. The molecule has 2 fully saturated rings. The van der Waals surface area contributed by atoms with E-state index < -0.39 is 0 Å². The molecule has 2 atom stereocenters. The standard InChI is InChI=1S/C20H24N2O/c23-20-8-6-17(7-9-20)11-22-14-18-12-21(13-19(18)15-22)10-16-4-2-1-3-5-16/h1-9,18-19,23H,10-15H2/t18-,19-/m0/s1. The molecule has 0 spiro atoms. The number of rotatable bonds is 4. The molecule has 1 N–H and O–H groups in total. The van der Waals surface area contributed by atoms with Crippen LogP contribution >= 0.6 is 0 Å². The molecule has 0 bridgehead atoms. The molecule has 2 saturated heterocycles. The first-order valence-electron chi connectivity index (χ1n) is 8.53. The van der Waals surface area contributed by atoms with E-state index in [0.717, 1.165) is 24.9 Å². The predicted octanol–water partition coefficient (Wildman–Crippen LogP) is 2.96. The highest BCUT2D eigenvalue weighted by Gasteiger charge is 2.39. The highest BCUT2D eigenvalue weighted by molar-refractivity contribution is 5.26. The van der Waals surface area contributed by atoms with Gasteiger partial charge in [0.15, 0.2) is 0 Å². The third kappa shape index (κ3) is 3.41. The number of hydrogen-bond acceptors (Lipinski definition) is 3. The third-order valence-electron chi connectivity index (χ3n) is 5.23. The second kappa shape index (κ2) is 6.34. The molecular weight excluding hydrogens is 284 g/mol. The summed E-state index contributed by atoms with van der Waals surface area (Å²) in [5, 5.41) is 9.38. The Morgan fingerprint density at radius 3 is 1.70 bits per heavy atom. The zero-order valence-corrected chi connectivity index (χ0v) is 13.4. The summed E-state index contributed by atoms with van der Waals surface area (Å²) in [6, 6.07) is 18.4. The maximum absolute atomic E-state index is 9.38. The number of fused-ring (bicyclic) bond motifs is 1. The first-order valence-corrected chi connectivity index (χ1v) is 8.53. The Kier molecular flexibility index (Phi) is 4.06. The fraction of sp³-hybridized carbons (Fsp3) is 0.400. The molecule has 2 aliphatic rings. The van der Waals surface area contributed by atoms with Crippen molar-refractivity contribution in [3.05, 3.63) is 65.7 Å². The Morgan fingerprint density at radius 2 is 1.17 bits per heavy atom. The Labute approximate surface area is 138 Å². The predicted molar refractivity (Wildman–Crippen MR) is 92.1 cm³/mol. The number of aromatic hydroxyl groups is 1. The first kappa shape index (κ1) is 14.7. The van der Waals surface area contributed by atoms with Gasteiger partial charge >= 0.3 is 0 Å². The van der Waals surface area contributed by atoms with Gasteiger partial charge in [0.05, 0.1) is 0 Å². The zero-order valence-electron chi connectivity index (χ0n) is 13.4. The minimum absolute atomic E-state index is 0.351. The van der Waals surface area contributed by atoms with Crippen molar-refractivity contribution in [2.24, 2.45) is 11.8 Å². The van der Waals surface area contributed by atoms with Crippen molar-refractivity contribution in [2.75, 3.05) is 26.2 Å². The number of phenols is 1. The Hall–Kier alpha value is -1.84.